The molecule has 1 heterocycles. The lowest BCUT2D eigenvalue weighted by atomic mass is 10.2. The zero-order valence-corrected chi connectivity index (χ0v) is 15.0. The number of ether oxygens (including phenoxy) is 1. The minimum absolute atomic E-state index is 0.0545. The molecule has 8 nitrogen and oxygen atoms in total. The molecule has 0 aliphatic carbocycles. The summed E-state index contributed by atoms with van der Waals surface area (Å²) in [6.45, 7) is -3.06. The van der Waals surface area contributed by atoms with Crippen LogP contribution in [0.3, 0.4) is 0 Å². The molecule has 11 heteroatoms. The second-order valence-corrected chi connectivity index (χ2v) is 7.55. The molecule has 0 saturated heterocycles. The lowest BCUT2D eigenvalue weighted by Gasteiger charge is -2.18. The van der Waals surface area contributed by atoms with Gasteiger partial charge in [-0.1, -0.05) is 12.1 Å². The van der Waals surface area contributed by atoms with Crippen molar-refractivity contribution >= 4 is 10.0 Å². The molecule has 26 heavy (non-hydrogen) atoms. The van der Waals surface area contributed by atoms with Crippen LogP contribution in [0.5, 0.6) is 5.75 Å². The van der Waals surface area contributed by atoms with Crippen LogP contribution in [0, 0.1) is 0 Å². The number of rotatable bonds is 6. The summed E-state index contributed by atoms with van der Waals surface area (Å²) >= 11 is 0. The number of nitrogens with zero attached hydrogens (tertiary/aromatic N) is 3. The summed E-state index contributed by atoms with van der Waals surface area (Å²) in [5.41, 5.74) is -1.08. The van der Waals surface area contributed by atoms with Crippen LogP contribution < -0.4 is 16.0 Å². The van der Waals surface area contributed by atoms with Gasteiger partial charge >= 0.3 is 12.3 Å². The van der Waals surface area contributed by atoms with Crippen molar-refractivity contribution in [1.29, 1.82) is 0 Å². The van der Waals surface area contributed by atoms with E-state index in [-0.39, 0.29) is 12.3 Å². The van der Waals surface area contributed by atoms with Gasteiger partial charge in [0.25, 0.3) is 5.56 Å². The highest BCUT2D eigenvalue weighted by atomic mass is 32.2. The lowest BCUT2D eigenvalue weighted by Crippen LogP contribution is -2.41. The van der Waals surface area contributed by atoms with E-state index in [4.69, 9.17) is 0 Å². The third-order valence-corrected chi connectivity index (χ3v) is 5.44. The molecule has 0 aliphatic heterocycles. The Labute approximate surface area is 147 Å². The number of alkyl halides is 2. The Bertz CT molecular complexity index is 1010. The van der Waals surface area contributed by atoms with Crippen LogP contribution in [0.25, 0.3) is 0 Å². The Hall–Kier alpha value is -2.53. The van der Waals surface area contributed by atoms with Crippen molar-refractivity contribution in [3.05, 3.63) is 56.9 Å². The average Bonchev–Trinajstić information content (AvgIpc) is 2.57. The molecule has 0 unspecified atom stereocenters. The van der Waals surface area contributed by atoms with Crippen molar-refractivity contribution in [2.24, 2.45) is 14.1 Å². The van der Waals surface area contributed by atoms with Crippen LogP contribution >= 0.6 is 0 Å². The quantitative estimate of drug-likeness (QED) is 0.718. The maximum atomic E-state index is 12.7. The van der Waals surface area contributed by atoms with Crippen molar-refractivity contribution in [1.82, 2.24) is 13.4 Å². The SMILES string of the molecule is CN(Cc1ccc(OC(F)F)cc1)S(=O)(=O)c1cn(C)c(=O)n(C)c1=O. The monoisotopic (exact) mass is 389 g/mol. The van der Waals surface area contributed by atoms with Crippen molar-refractivity contribution in [2.45, 2.75) is 18.1 Å². The molecule has 0 spiro atoms. The summed E-state index contributed by atoms with van der Waals surface area (Å²) in [4.78, 5) is 23.3. The summed E-state index contributed by atoms with van der Waals surface area (Å²) < 4.78 is 56.5. The normalized spacial score (nSPS) is 12.0. The van der Waals surface area contributed by atoms with Crippen LogP contribution in [0.1, 0.15) is 5.56 Å². The summed E-state index contributed by atoms with van der Waals surface area (Å²) in [5, 5.41) is 0. The van der Waals surface area contributed by atoms with E-state index in [2.05, 4.69) is 4.74 Å². The van der Waals surface area contributed by atoms with Crippen LogP contribution in [0.15, 0.2) is 44.9 Å². The highest BCUT2D eigenvalue weighted by Gasteiger charge is 2.26. The predicted molar refractivity (Wildman–Crippen MR) is 88.7 cm³/mol. The van der Waals surface area contributed by atoms with Crippen molar-refractivity contribution in [3.63, 3.8) is 0 Å². The molecule has 0 radical (unpaired) electrons. The Balaban J connectivity index is 2.30. The van der Waals surface area contributed by atoms with Crippen LogP contribution in [-0.4, -0.2) is 35.5 Å². The standard InChI is InChI=1S/C15H17F2N3O5S/c1-18-9-12(13(21)20(3)15(18)22)26(23,24)19(2)8-10-4-6-11(7-5-10)25-14(16)17/h4-7,9,14H,8H2,1-3H3. The Morgan fingerprint density at radius 3 is 2.27 bits per heavy atom. The van der Waals surface area contributed by atoms with Gasteiger partial charge in [-0.05, 0) is 17.7 Å². The van der Waals surface area contributed by atoms with Gasteiger partial charge in [-0.2, -0.15) is 13.1 Å². The van der Waals surface area contributed by atoms with Gasteiger partial charge in [0.2, 0.25) is 10.0 Å². The van der Waals surface area contributed by atoms with Gasteiger partial charge in [0.15, 0.2) is 4.90 Å². The molecule has 0 amide bonds. The molecule has 1 aromatic heterocycles. The van der Waals surface area contributed by atoms with E-state index in [1.54, 1.807) is 0 Å². The zero-order chi connectivity index (χ0) is 19.6. The van der Waals surface area contributed by atoms with E-state index in [0.717, 1.165) is 15.1 Å². The van der Waals surface area contributed by atoms with Gasteiger partial charge in [-0.15, -0.1) is 0 Å². The first-order chi connectivity index (χ1) is 12.0. The maximum absolute atomic E-state index is 12.7. The minimum Gasteiger partial charge on any atom is -0.435 e. The Morgan fingerprint density at radius 2 is 1.73 bits per heavy atom. The van der Waals surface area contributed by atoms with Crippen LogP contribution in [-0.2, 0) is 30.7 Å². The van der Waals surface area contributed by atoms with E-state index in [0.29, 0.717) is 10.1 Å². The van der Waals surface area contributed by atoms with E-state index in [1.807, 2.05) is 0 Å². The first-order valence-corrected chi connectivity index (χ1v) is 8.75. The third-order valence-electron chi connectivity index (χ3n) is 3.66. The van der Waals surface area contributed by atoms with E-state index in [1.165, 1.54) is 45.4 Å². The number of hydrogen-bond donors (Lipinski definition) is 0. The first kappa shape index (κ1) is 19.8. The highest BCUT2D eigenvalue weighted by Crippen LogP contribution is 2.18. The number of halogens is 2. The number of sulfonamides is 1. The number of hydrogen-bond acceptors (Lipinski definition) is 5. The topological polar surface area (TPSA) is 90.6 Å². The van der Waals surface area contributed by atoms with Crippen LogP contribution in [0.4, 0.5) is 8.78 Å². The predicted octanol–water partition coefficient (Wildman–Crippen LogP) is 0.506. The van der Waals surface area contributed by atoms with Gasteiger partial charge in [-0.25, -0.2) is 13.2 Å². The van der Waals surface area contributed by atoms with Gasteiger partial charge in [0, 0.05) is 33.9 Å². The second kappa shape index (κ2) is 7.38. The van der Waals surface area contributed by atoms with E-state index >= 15 is 0 Å². The zero-order valence-electron chi connectivity index (χ0n) is 14.2. The van der Waals surface area contributed by atoms with Gasteiger partial charge in [-0.3, -0.25) is 9.36 Å². The fourth-order valence-electron chi connectivity index (χ4n) is 2.24. The van der Waals surface area contributed by atoms with Gasteiger partial charge in [0.05, 0.1) is 0 Å². The van der Waals surface area contributed by atoms with Gasteiger partial charge in [0.1, 0.15) is 5.75 Å². The molecule has 1 aromatic carbocycles. The van der Waals surface area contributed by atoms with E-state index in [9.17, 15) is 26.8 Å². The molecule has 0 saturated carbocycles. The molecule has 0 atom stereocenters. The molecule has 2 aromatic rings. The second-order valence-electron chi connectivity index (χ2n) is 5.53. The van der Waals surface area contributed by atoms with Crippen molar-refractivity contribution in [3.8, 4) is 5.75 Å². The summed E-state index contributed by atoms with van der Waals surface area (Å²) in [7, 11) is -0.381. The highest BCUT2D eigenvalue weighted by molar-refractivity contribution is 7.89. The van der Waals surface area contributed by atoms with Crippen LogP contribution in [0.2, 0.25) is 0 Å². The van der Waals surface area contributed by atoms with E-state index < -0.39 is 32.8 Å². The smallest absolute Gasteiger partial charge is 0.387 e. The molecular weight excluding hydrogens is 372 g/mol. The molecule has 0 N–H and O–H groups in total. The molecular formula is C15H17F2N3O5S. The van der Waals surface area contributed by atoms with Crippen molar-refractivity contribution in [2.75, 3.05) is 7.05 Å². The fourth-order valence-corrected chi connectivity index (χ4v) is 3.54. The lowest BCUT2D eigenvalue weighted by molar-refractivity contribution is -0.0498. The molecule has 142 valence electrons. The average molecular weight is 389 g/mol. The number of aromatic nitrogens is 2. The third kappa shape index (κ3) is 3.99. The first-order valence-electron chi connectivity index (χ1n) is 7.31. The molecule has 0 fully saturated rings. The van der Waals surface area contributed by atoms with Gasteiger partial charge < -0.3 is 9.30 Å². The summed E-state index contributed by atoms with van der Waals surface area (Å²) in [5.74, 6) is -0.0545. The maximum Gasteiger partial charge on any atom is 0.387 e. The minimum atomic E-state index is -4.17. The Kier molecular flexibility index (Phi) is 5.62. The summed E-state index contributed by atoms with van der Waals surface area (Å²) in [6, 6.07) is 5.44. The number of aryl methyl sites for hydroxylation is 1. The fraction of sp³-hybridized carbons (Fsp3) is 0.333. The number of benzene rings is 1. The molecule has 0 bridgehead atoms. The Morgan fingerprint density at radius 1 is 1.15 bits per heavy atom. The van der Waals surface area contributed by atoms with Crippen molar-refractivity contribution < 1.29 is 21.9 Å². The summed E-state index contributed by atoms with van der Waals surface area (Å²) in [6.07, 6.45) is 0.968. The molecule has 0 aliphatic rings. The molecule has 2 rings (SSSR count). The largest absolute Gasteiger partial charge is 0.435 e.